The number of nitrogens with zero attached hydrogens (tertiary/aromatic N) is 1. The lowest BCUT2D eigenvalue weighted by Crippen LogP contribution is -2.40. The molecular weight excluding hydrogens is 303 g/mol. The summed E-state index contributed by atoms with van der Waals surface area (Å²) in [5.41, 5.74) is 0.816. The van der Waals surface area contributed by atoms with Crippen LogP contribution < -0.4 is 16.0 Å². The van der Waals surface area contributed by atoms with Crippen LogP contribution in [-0.4, -0.2) is 28.1 Å². The van der Waals surface area contributed by atoms with Crippen LogP contribution in [0, 0.1) is 5.82 Å². The van der Waals surface area contributed by atoms with Gasteiger partial charge < -0.3 is 21.1 Å². The van der Waals surface area contributed by atoms with Crippen molar-refractivity contribution in [3.8, 4) is 0 Å². The van der Waals surface area contributed by atoms with E-state index in [1.807, 2.05) is 23.5 Å². The summed E-state index contributed by atoms with van der Waals surface area (Å²) in [5, 5.41) is 16.0. The third-order valence-corrected chi connectivity index (χ3v) is 2.88. The van der Waals surface area contributed by atoms with Crippen LogP contribution in [0.25, 0.3) is 0 Å². The molecule has 0 spiro atoms. The predicted molar refractivity (Wildman–Crippen MR) is 83.2 cm³/mol. The summed E-state index contributed by atoms with van der Waals surface area (Å²) in [6, 6.07) is 9.12. The maximum atomic E-state index is 13.4. The molecule has 1 atom stereocenters. The molecule has 0 bridgehead atoms. The zero-order valence-electron chi connectivity index (χ0n) is 12.2. The van der Waals surface area contributed by atoms with Crippen LogP contribution >= 0.6 is 0 Å². The van der Waals surface area contributed by atoms with Crippen molar-refractivity contribution in [2.24, 2.45) is 0 Å². The van der Waals surface area contributed by atoms with Gasteiger partial charge in [-0.05, 0) is 19.1 Å². The summed E-state index contributed by atoms with van der Waals surface area (Å²) < 4.78 is 13.4. The Morgan fingerprint density at radius 2 is 1.96 bits per heavy atom. The SMILES string of the molecule is CC(NC(=O)O)C(=O)Nc1cc(F)cnc1Nc1ccccc1. The Morgan fingerprint density at radius 1 is 1.26 bits per heavy atom. The van der Waals surface area contributed by atoms with E-state index in [1.165, 1.54) is 6.92 Å². The first-order valence-electron chi connectivity index (χ1n) is 6.73. The number of amides is 2. The Balaban J connectivity index is 2.18. The van der Waals surface area contributed by atoms with Crippen molar-refractivity contribution in [3.63, 3.8) is 0 Å². The van der Waals surface area contributed by atoms with Crippen molar-refractivity contribution < 1.29 is 19.1 Å². The van der Waals surface area contributed by atoms with E-state index in [0.29, 0.717) is 5.69 Å². The highest BCUT2D eigenvalue weighted by atomic mass is 19.1. The van der Waals surface area contributed by atoms with E-state index in [4.69, 9.17) is 5.11 Å². The number of hydrogen-bond donors (Lipinski definition) is 4. The van der Waals surface area contributed by atoms with E-state index in [9.17, 15) is 14.0 Å². The molecule has 0 saturated heterocycles. The standard InChI is InChI=1S/C15H15FN4O3/c1-9(18-15(22)23)14(21)20-12-7-10(16)8-17-13(12)19-11-5-3-2-4-6-11/h2-9,18H,1H3,(H,17,19)(H,20,21)(H,22,23). The van der Waals surface area contributed by atoms with Crippen LogP contribution in [0.1, 0.15) is 6.92 Å². The number of benzene rings is 1. The summed E-state index contributed by atoms with van der Waals surface area (Å²) in [7, 11) is 0. The number of nitrogens with one attached hydrogen (secondary N) is 3. The van der Waals surface area contributed by atoms with Crippen molar-refractivity contribution in [1.29, 1.82) is 0 Å². The first kappa shape index (κ1) is 16.2. The molecule has 1 heterocycles. The smallest absolute Gasteiger partial charge is 0.405 e. The molecule has 0 radical (unpaired) electrons. The third kappa shape index (κ3) is 4.67. The van der Waals surface area contributed by atoms with Crippen LogP contribution in [0.5, 0.6) is 0 Å². The molecule has 2 rings (SSSR count). The summed E-state index contributed by atoms with van der Waals surface area (Å²) in [6.45, 7) is 1.38. The van der Waals surface area contributed by atoms with Crippen LogP contribution in [0.15, 0.2) is 42.6 Å². The average Bonchev–Trinajstić information content (AvgIpc) is 2.50. The lowest BCUT2D eigenvalue weighted by Gasteiger charge is -2.15. The summed E-state index contributed by atoms with van der Waals surface area (Å²) in [4.78, 5) is 26.4. The molecule has 0 aliphatic rings. The Labute approximate surface area is 131 Å². The number of rotatable bonds is 5. The molecule has 7 nitrogen and oxygen atoms in total. The van der Waals surface area contributed by atoms with Gasteiger partial charge in [0, 0.05) is 11.8 Å². The molecule has 2 aromatic rings. The minimum absolute atomic E-state index is 0.109. The van der Waals surface area contributed by atoms with Crippen LogP contribution in [0.3, 0.4) is 0 Å². The zero-order valence-corrected chi connectivity index (χ0v) is 12.2. The molecule has 8 heteroatoms. The minimum Gasteiger partial charge on any atom is -0.465 e. The Bertz CT molecular complexity index is 709. The zero-order chi connectivity index (χ0) is 16.8. The van der Waals surface area contributed by atoms with Gasteiger partial charge in [-0.1, -0.05) is 18.2 Å². The van der Waals surface area contributed by atoms with Crippen molar-refractivity contribution in [2.45, 2.75) is 13.0 Å². The van der Waals surface area contributed by atoms with Gasteiger partial charge in [0.2, 0.25) is 5.91 Å². The second-order valence-corrected chi connectivity index (χ2v) is 4.70. The van der Waals surface area contributed by atoms with E-state index in [1.54, 1.807) is 12.1 Å². The van der Waals surface area contributed by atoms with Crippen LogP contribution in [0.2, 0.25) is 0 Å². The summed E-state index contributed by atoms with van der Waals surface area (Å²) in [5.74, 6) is -1.01. The topological polar surface area (TPSA) is 103 Å². The fraction of sp³-hybridized carbons (Fsp3) is 0.133. The maximum absolute atomic E-state index is 13.4. The van der Waals surface area contributed by atoms with Crippen molar-refractivity contribution in [1.82, 2.24) is 10.3 Å². The van der Waals surface area contributed by atoms with E-state index in [2.05, 4.69) is 15.6 Å². The van der Waals surface area contributed by atoms with E-state index < -0.39 is 23.9 Å². The second-order valence-electron chi connectivity index (χ2n) is 4.70. The monoisotopic (exact) mass is 318 g/mol. The van der Waals surface area contributed by atoms with Gasteiger partial charge in [-0.3, -0.25) is 4.79 Å². The Morgan fingerprint density at radius 3 is 2.61 bits per heavy atom. The number of carbonyl (C=O) groups is 2. The number of halogens is 1. The number of hydrogen-bond acceptors (Lipinski definition) is 4. The number of para-hydroxylation sites is 1. The normalized spacial score (nSPS) is 11.4. The molecule has 2 amide bonds. The highest BCUT2D eigenvalue weighted by molar-refractivity contribution is 5.98. The highest BCUT2D eigenvalue weighted by Crippen LogP contribution is 2.23. The van der Waals surface area contributed by atoms with E-state index in [0.717, 1.165) is 12.3 Å². The second kappa shape index (κ2) is 7.21. The van der Waals surface area contributed by atoms with Gasteiger partial charge in [-0.2, -0.15) is 0 Å². The van der Waals surface area contributed by atoms with Gasteiger partial charge >= 0.3 is 6.09 Å². The number of pyridine rings is 1. The molecule has 0 fully saturated rings. The molecule has 0 aliphatic carbocycles. The van der Waals surface area contributed by atoms with E-state index >= 15 is 0 Å². The number of aromatic nitrogens is 1. The molecule has 1 aromatic carbocycles. The minimum atomic E-state index is -1.33. The molecule has 23 heavy (non-hydrogen) atoms. The summed E-state index contributed by atoms with van der Waals surface area (Å²) in [6.07, 6.45) is -0.313. The highest BCUT2D eigenvalue weighted by Gasteiger charge is 2.17. The Kier molecular flexibility index (Phi) is 5.08. The number of anilines is 3. The quantitative estimate of drug-likeness (QED) is 0.678. The Hall–Kier alpha value is -3.16. The third-order valence-electron chi connectivity index (χ3n) is 2.88. The fourth-order valence-corrected chi connectivity index (χ4v) is 1.78. The van der Waals surface area contributed by atoms with Crippen LogP contribution in [-0.2, 0) is 4.79 Å². The first-order chi connectivity index (χ1) is 11.0. The predicted octanol–water partition coefficient (Wildman–Crippen LogP) is 2.56. The lowest BCUT2D eigenvalue weighted by molar-refractivity contribution is -0.117. The molecule has 4 N–H and O–H groups in total. The number of carboxylic acid groups (broad SMARTS) is 1. The number of carbonyl (C=O) groups excluding carboxylic acids is 1. The van der Waals surface area contributed by atoms with Crippen molar-refractivity contribution in [2.75, 3.05) is 10.6 Å². The van der Waals surface area contributed by atoms with Crippen LogP contribution in [0.4, 0.5) is 26.4 Å². The van der Waals surface area contributed by atoms with Gasteiger partial charge in [0.25, 0.3) is 0 Å². The van der Waals surface area contributed by atoms with Crippen molar-refractivity contribution in [3.05, 3.63) is 48.4 Å². The van der Waals surface area contributed by atoms with Gasteiger partial charge in [0.15, 0.2) is 5.82 Å². The molecule has 0 saturated carbocycles. The lowest BCUT2D eigenvalue weighted by atomic mass is 10.2. The van der Waals surface area contributed by atoms with Gasteiger partial charge in [0.1, 0.15) is 11.9 Å². The van der Waals surface area contributed by atoms with Gasteiger partial charge in [-0.25, -0.2) is 14.2 Å². The van der Waals surface area contributed by atoms with Gasteiger partial charge in [0.05, 0.1) is 11.9 Å². The van der Waals surface area contributed by atoms with E-state index in [-0.39, 0.29) is 11.5 Å². The first-order valence-corrected chi connectivity index (χ1v) is 6.73. The van der Waals surface area contributed by atoms with Gasteiger partial charge in [-0.15, -0.1) is 0 Å². The largest absolute Gasteiger partial charge is 0.465 e. The maximum Gasteiger partial charge on any atom is 0.405 e. The molecule has 1 unspecified atom stereocenters. The summed E-state index contributed by atoms with van der Waals surface area (Å²) >= 11 is 0. The molecule has 0 aliphatic heterocycles. The molecule has 1 aromatic heterocycles. The molecular formula is C15H15FN4O3. The van der Waals surface area contributed by atoms with Crippen molar-refractivity contribution >= 4 is 29.2 Å². The molecule has 120 valence electrons. The fourth-order valence-electron chi connectivity index (χ4n) is 1.78. The average molecular weight is 318 g/mol.